The van der Waals surface area contributed by atoms with E-state index in [1.807, 2.05) is 6.07 Å². The van der Waals surface area contributed by atoms with Crippen molar-refractivity contribution in [1.82, 2.24) is 0 Å². The summed E-state index contributed by atoms with van der Waals surface area (Å²) in [6.45, 7) is 6.33. The molecular formula is C21H24N2O3. The predicted molar refractivity (Wildman–Crippen MR) is 101 cm³/mol. The fraction of sp³-hybridized carbons (Fsp3) is 0.429. The molecule has 3 aliphatic carbocycles. The summed E-state index contributed by atoms with van der Waals surface area (Å²) in [5, 5.41) is 25.7. The Bertz CT molecular complexity index is 840. The third-order valence-corrected chi connectivity index (χ3v) is 6.37. The fourth-order valence-corrected chi connectivity index (χ4v) is 5.09. The van der Waals surface area contributed by atoms with Crippen LogP contribution in [-0.4, -0.2) is 28.4 Å². The summed E-state index contributed by atoms with van der Waals surface area (Å²) >= 11 is 0. The monoisotopic (exact) mass is 352 g/mol. The summed E-state index contributed by atoms with van der Waals surface area (Å²) < 4.78 is 5.67. The highest BCUT2D eigenvalue weighted by Gasteiger charge is 2.54. The second kappa shape index (κ2) is 6.31. The van der Waals surface area contributed by atoms with Crippen LogP contribution >= 0.6 is 0 Å². The summed E-state index contributed by atoms with van der Waals surface area (Å²) in [4.78, 5) is 0. The number of benzene rings is 1. The number of hydrogen-bond acceptors (Lipinski definition) is 5. The number of hydrogen-bond donors (Lipinski definition) is 2. The van der Waals surface area contributed by atoms with E-state index in [1.165, 1.54) is 16.7 Å². The van der Waals surface area contributed by atoms with E-state index in [4.69, 9.17) is 4.74 Å². The van der Waals surface area contributed by atoms with Crippen molar-refractivity contribution in [3.8, 4) is 5.75 Å². The Hall–Kier alpha value is -2.56. The van der Waals surface area contributed by atoms with Gasteiger partial charge in [0.1, 0.15) is 23.8 Å². The summed E-state index contributed by atoms with van der Waals surface area (Å²) in [6, 6.07) is 6.36. The van der Waals surface area contributed by atoms with Crippen LogP contribution in [0.15, 0.2) is 52.8 Å². The quantitative estimate of drug-likeness (QED) is 0.484. The minimum Gasteiger partial charge on any atom is -0.490 e. The Kier molecular flexibility index (Phi) is 4.10. The lowest BCUT2D eigenvalue weighted by molar-refractivity contribution is 0.244. The molecule has 2 fully saturated rings. The van der Waals surface area contributed by atoms with Crippen LogP contribution in [0.5, 0.6) is 5.75 Å². The minimum atomic E-state index is -0.261. The number of allylic oxidation sites excluding steroid dienone is 2. The average molecular weight is 352 g/mol. The van der Waals surface area contributed by atoms with Gasteiger partial charge in [0, 0.05) is 17.8 Å². The van der Waals surface area contributed by atoms with Crippen molar-refractivity contribution in [1.29, 1.82) is 0 Å². The summed E-state index contributed by atoms with van der Waals surface area (Å²) in [7, 11) is 0. The molecule has 3 atom stereocenters. The molecule has 26 heavy (non-hydrogen) atoms. The van der Waals surface area contributed by atoms with E-state index < -0.39 is 0 Å². The lowest BCUT2D eigenvalue weighted by Crippen LogP contribution is -2.38. The zero-order chi connectivity index (χ0) is 18.3. The van der Waals surface area contributed by atoms with Gasteiger partial charge in [0.25, 0.3) is 0 Å². The van der Waals surface area contributed by atoms with Gasteiger partial charge >= 0.3 is 0 Å². The normalized spacial score (nSPS) is 32.6. The molecule has 0 aliphatic heterocycles. The van der Waals surface area contributed by atoms with Crippen molar-refractivity contribution in [2.24, 2.45) is 21.6 Å². The first-order chi connectivity index (χ1) is 12.6. The van der Waals surface area contributed by atoms with Gasteiger partial charge in [-0.05, 0) is 48.4 Å². The SMILES string of the molecule is C=CCOc1ccc2c(c1)CC=C1[C@@H]2CC[C@]2(C)C(=N/O)/C(=N/O)C[C@@H]12. The van der Waals surface area contributed by atoms with E-state index in [-0.39, 0.29) is 11.3 Å². The van der Waals surface area contributed by atoms with Crippen molar-refractivity contribution in [2.75, 3.05) is 6.61 Å². The van der Waals surface area contributed by atoms with Crippen molar-refractivity contribution in [3.05, 3.63) is 53.6 Å². The number of rotatable bonds is 3. The molecule has 2 saturated carbocycles. The van der Waals surface area contributed by atoms with Gasteiger partial charge < -0.3 is 15.2 Å². The van der Waals surface area contributed by atoms with Gasteiger partial charge in [-0.2, -0.15) is 0 Å². The lowest BCUT2D eigenvalue weighted by atomic mass is 9.60. The smallest absolute Gasteiger partial charge is 0.120 e. The molecule has 1 aromatic carbocycles. The van der Waals surface area contributed by atoms with Crippen LogP contribution < -0.4 is 4.74 Å². The van der Waals surface area contributed by atoms with Crippen molar-refractivity contribution in [3.63, 3.8) is 0 Å². The minimum absolute atomic E-state index is 0.225. The fourth-order valence-electron chi connectivity index (χ4n) is 5.09. The second-order valence-corrected chi connectivity index (χ2v) is 7.63. The molecule has 3 aliphatic rings. The first kappa shape index (κ1) is 16.9. The second-order valence-electron chi connectivity index (χ2n) is 7.63. The molecule has 136 valence electrons. The van der Waals surface area contributed by atoms with E-state index in [1.54, 1.807) is 6.08 Å². The Morgan fingerprint density at radius 3 is 2.92 bits per heavy atom. The molecule has 0 bridgehead atoms. The molecule has 0 spiro atoms. The van der Waals surface area contributed by atoms with Crippen LogP contribution in [0.4, 0.5) is 0 Å². The standard InChI is InChI=1S/C21H24N2O3/c1-3-10-26-14-5-7-15-13(11-14)4-6-17-16(15)8-9-21(2)18(17)12-19(22-24)20(21)23-25/h3,5-7,11,16,18,24-25H,1,4,8-10,12H2,2H3/b22-19+,23-20+/t16-,18+,21+/m1/s1. The van der Waals surface area contributed by atoms with Crippen LogP contribution in [0.3, 0.4) is 0 Å². The average Bonchev–Trinajstić information content (AvgIpc) is 2.97. The number of oxime groups is 2. The zero-order valence-electron chi connectivity index (χ0n) is 15.0. The molecule has 1 aromatic rings. The Labute approximate surface area is 153 Å². The van der Waals surface area contributed by atoms with Crippen LogP contribution in [0, 0.1) is 11.3 Å². The summed E-state index contributed by atoms with van der Waals surface area (Å²) in [5.41, 5.74) is 4.87. The van der Waals surface area contributed by atoms with E-state index in [0.717, 1.165) is 25.0 Å². The molecule has 5 heteroatoms. The van der Waals surface area contributed by atoms with E-state index >= 15 is 0 Å². The van der Waals surface area contributed by atoms with Crippen LogP contribution in [0.25, 0.3) is 0 Å². The molecule has 4 rings (SSSR count). The van der Waals surface area contributed by atoms with Crippen LogP contribution in [-0.2, 0) is 6.42 Å². The molecule has 0 amide bonds. The molecule has 2 N–H and O–H groups in total. The summed E-state index contributed by atoms with van der Waals surface area (Å²) in [6.07, 6.45) is 7.48. The Morgan fingerprint density at radius 1 is 1.35 bits per heavy atom. The van der Waals surface area contributed by atoms with Gasteiger partial charge in [-0.1, -0.05) is 47.6 Å². The largest absolute Gasteiger partial charge is 0.490 e. The maximum atomic E-state index is 9.48. The Balaban J connectivity index is 1.68. The third-order valence-electron chi connectivity index (χ3n) is 6.37. The molecule has 0 saturated heterocycles. The first-order valence-corrected chi connectivity index (χ1v) is 9.12. The molecule has 0 heterocycles. The highest BCUT2D eigenvalue weighted by molar-refractivity contribution is 6.46. The van der Waals surface area contributed by atoms with Gasteiger partial charge in [-0.3, -0.25) is 0 Å². The number of ether oxygens (including phenoxy) is 1. The highest BCUT2D eigenvalue weighted by atomic mass is 16.5. The molecule has 0 aromatic heterocycles. The van der Waals surface area contributed by atoms with E-state index in [9.17, 15) is 10.4 Å². The van der Waals surface area contributed by atoms with Gasteiger partial charge in [-0.25, -0.2) is 0 Å². The van der Waals surface area contributed by atoms with Crippen molar-refractivity contribution < 1.29 is 15.2 Å². The maximum Gasteiger partial charge on any atom is 0.120 e. The molecule has 5 nitrogen and oxygen atoms in total. The van der Waals surface area contributed by atoms with Gasteiger partial charge in [-0.15, -0.1) is 0 Å². The maximum absolute atomic E-state index is 9.48. The predicted octanol–water partition coefficient (Wildman–Crippen LogP) is 4.30. The van der Waals surface area contributed by atoms with Gasteiger partial charge in [0.2, 0.25) is 0 Å². The Morgan fingerprint density at radius 2 is 2.19 bits per heavy atom. The van der Waals surface area contributed by atoms with E-state index in [2.05, 4.69) is 42.0 Å². The molecule has 0 radical (unpaired) electrons. The van der Waals surface area contributed by atoms with Crippen LogP contribution in [0.1, 0.15) is 43.2 Å². The topological polar surface area (TPSA) is 74.4 Å². The van der Waals surface area contributed by atoms with Crippen molar-refractivity contribution in [2.45, 2.75) is 38.5 Å². The van der Waals surface area contributed by atoms with E-state index in [0.29, 0.717) is 30.4 Å². The highest BCUT2D eigenvalue weighted by Crippen LogP contribution is 2.57. The van der Waals surface area contributed by atoms with Gasteiger partial charge in [0.05, 0.1) is 0 Å². The number of fused-ring (bicyclic) bond motifs is 5. The third kappa shape index (κ3) is 2.37. The van der Waals surface area contributed by atoms with Gasteiger partial charge in [0.15, 0.2) is 0 Å². The molecular weight excluding hydrogens is 328 g/mol. The zero-order valence-corrected chi connectivity index (χ0v) is 15.0. The first-order valence-electron chi connectivity index (χ1n) is 9.12. The number of nitrogens with zero attached hydrogens (tertiary/aromatic N) is 2. The lowest BCUT2D eigenvalue weighted by Gasteiger charge is -2.44. The van der Waals surface area contributed by atoms with Crippen molar-refractivity contribution >= 4 is 11.4 Å². The summed E-state index contributed by atoms with van der Waals surface area (Å²) in [5.74, 6) is 1.48. The van der Waals surface area contributed by atoms with Crippen LogP contribution in [0.2, 0.25) is 0 Å². The molecule has 0 unspecified atom stereocenters.